The van der Waals surface area contributed by atoms with Crippen molar-refractivity contribution in [2.24, 2.45) is 5.92 Å². The second-order valence-corrected chi connectivity index (χ2v) is 11.8. The Labute approximate surface area is 229 Å². The highest BCUT2D eigenvalue weighted by atomic mass is 31.2. The van der Waals surface area contributed by atoms with Gasteiger partial charge in [0.15, 0.2) is 17.4 Å². The molecule has 2 aliphatic rings. The molecule has 5 N–H and O–H groups in total. The molecule has 14 nitrogen and oxygen atoms in total. The molecule has 216 valence electrons. The van der Waals surface area contributed by atoms with E-state index in [1.165, 1.54) is 17.8 Å². The van der Waals surface area contributed by atoms with Crippen LogP contribution in [-0.4, -0.2) is 61.6 Å². The van der Waals surface area contributed by atoms with Gasteiger partial charge in [0, 0.05) is 5.92 Å². The number of anilines is 1. The fraction of sp³-hybridized carbons (Fsp3) is 0.520. The molecule has 0 amide bonds. The summed E-state index contributed by atoms with van der Waals surface area (Å²) in [5, 5.41) is 13.6. The summed E-state index contributed by atoms with van der Waals surface area (Å²) in [6, 6.07) is 7.43. The fourth-order valence-corrected chi connectivity index (χ4v) is 6.36. The van der Waals surface area contributed by atoms with E-state index in [4.69, 9.17) is 24.3 Å². The van der Waals surface area contributed by atoms with Crippen LogP contribution in [0.4, 0.5) is 5.95 Å². The van der Waals surface area contributed by atoms with Gasteiger partial charge in [-0.1, -0.05) is 25.1 Å². The second-order valence-electron chi connectivity index (χ2n) is 10.1. The largest absolute Gasteiger partial charge is 0.461 e. The molecule has 15 heteroatoms. The van der Waals surface area contributed by atoms with Gasteiger partial charge in [0.2, 0.25) is 5.95 Å². The zero-order valence-corrected chi connectivity index (χ0v) is 23.0. The van der Waals surface area contributed by atoms with Crippen LogP contribution in [0.5, 0.6) is 5.75 Å². The Morgan fingerprint density at radius 1 is 1.32 bits per heavy atom. The fourth-order valence-electron chi connectivity index (χ4n) is 4.86. The molecule has 1 saturated carbocycles. The maximum atomic E-state index is 13.9. The molecule has 0 bridgehead atoms. The number of aromatic nitrogens is 4. The van der Waals surface area contributed by atoms with Crippen LogP contribution in [0.15, 0.2) is 41.5 Å². The van der Waals surface area contributed by atoms with E-state index < -0.39 is 49.7 Å². The maximum absolute atomic E-state index is 13.9. The van der Waals surface area contributed by atoms with Crippen molar-refractivity contribution in [1.82, 2.24) is 24.6 Å². The number of esters is 1. The lowest BCUT2D eigenvalue weighted by Gasteiger charge is -2.25. The van der Waals surface area contributed by atoms with Crippen LogP contribution in [0.2, 0.25) is 0 Å². The number of aromatic amines is 1. The predicted octanol–water partition coefficient (Wildman–Crippen LogP) is 2.26. The number of nitrogens with zero attached hydrogens (tertiary/aromatic N) is 3. The van der Waals surface area contributed by atoms with Crippen LogP contribution in [0.3, 0.4) is 0 Å². The van der Waals surface area contributed by atoms with Crippen molar-refractivity contribution in [3.05, 3.63) is 47.0 Å². The number of nitrogens with two attached hydrogens (primary N) is 1. The number of rotatable bonds is 10. The first-order chi connectivity index (χ1) is 19.1. The molecule has 40 heavy (non-hydrogen) atoms. The topological polar surface area (TPSA) is 193 Å². The Morgan fingerprint density at radius 3 is 2.77 bits per heavy atom. The smallest absolute Gasteiger partial charge is 0.459 e. The number of para-hydroxylation sites is 1. The molecule has 5 rings (SSSR count). The molecule has 0 radical (unpaired) electrons. The van der Waals surface area contributed by atoms with E-state index in [-0.39, 0.29) is 35.6 Å². The Balaban J connectivity index is 1.30. The molecular weight excluding hydrogens is 543 g/mol. The van der Waals surface area contributed by atoms with E-state index in [1.807, 2.05) is 0 Å². The number of carbonyl (C=O) groups excluding carboxylic acids is 1. The Morgan fingerprint density at radius 2 is 2.05 bits per heavy atom. The number of benzene rings is 1. The van der Waals surface area contributed by atoms with Crippen LogP contribution in [-0.2, 0) is 23.4 Å². The molecule has 1 saturated heterocycles. The van der Waals surface area contributed by atoms with E-state index in [1.54, 1.807) is 37.3 Å². The van der Waals surface area contributed by atoms with Gasteiger partial charge >= 0.3 is 13.7 Å². The summed E-state index contributed by atoms with van der Waals surface area (Å²) in [7, 11) is -4.13. The first kappa shape index (κ1) is 28.2. The van der Waals surface area contributed by atoms with Gasteiger partial charge in [0.05, 0.1) is 19.0 Å². The first-order valence-corrected chi connectivity index (χ1v) is 14.7. The normalized spacial score (nSPS) is 25.6. The number of fused-ring (bicyclic) bond motifs is 1. The summed E-state index contributed by atoms with van der Waals surface area (Å²) < 4.78 is 38.4. The number of nitrogens with one attached hydrogen (secondary N) is 2. The van der Waals surface area contributed by atoms with Crippen molar-refractivity contribution in [2.45, 2.75) is 70.1 Å². The summed E-state index contributed by atoms with van der Waals surface area (Å²) >= 11 is 0. The van der Waals surface area contributed by atoms with Gasteiger partial charge in [-0.3, -0.25) is 23.7 Å². The quantitative estimate of drug-likeness (QED) is 0.204. The minimum Gasteiger partial charge on any atom is -0.461 e. The Bertz CT molecular complexity index is 1440. The number of aliphatic hydroxyl groups excluding tert-OH is 1. The van der Waals surface area contributed by atoms with Crippen LogP contribution < -0.4 is 20.9 Å². The number of carbonyl (C=O) groups is 1. The van der Waals surface area contributed by atoms with Gasteiger partial charge in [0.25, 0.3) is 5.56 Å². The van der Waals surface area contributed by atoms with E-state index in [2.05, 4.69) is 20.0 Å². The van der Waals surface area contributed by atoms with Crippen molar-refractivity contribution in [3.63, 3.8) is 0 Å². The van der Waals surface area contributed by atoms with E-state index in [0.717, 1.165) is 25.7 Å². The van der Waals surface area contributed by atoms with Gasteiger partial charge in [-0.2, -0.15) is 10.1 Å². The second kappa shape index (κ2) is 11.7. The van der Waals surface area contributed by atoms with E-state index in [9.17, 15) is 19.3 Å². The molecule has 6 atom stereocenters. The van der Waals surface area contributed by atoms with Crippen LogP contribution in [0.1, 0.15) is 45.8 Å². The summed E-state index contributed by atoms with van der Waals surface area (Å²) in [6.07, 6.45) is 2.02. The first-order valence-electron chi connectivity index (χ1n) is 13.2. The molecule has 1 aliphatic carbocycles. The number of H-pyrrole nitrogens is 1. The number of hydrogen-bond acceptors (Lipinski definition) is 11. The summed E-state index contributed by atoms with van der Waals surface area (Å²) in [5.41, 5.74) is 5.36. The van der Waals surface area contributed by atoms with Crippen LogP contribution in [0, 0.1) is 5.92 Å². The molecule has 3 heterocycles. The van der Waals surface area contributed by atoms with Crippen molar-refractivity contribution in [1.29, 1.82) is 0 Å². The van der Waals surface area contributed by atoms with Crippen molar-refractivity contribution >= 4 is 30.8 Å². The zero-order chi connectivity index (χ0) is 28.4. The highest BCUT2D eigenvalue weighted by Crippen LogP contribution is 2.46. The summed E-state index contributed by atoms with van der Waals surface area (Å²) in [4.78, 5) is 35.4. The highest BCUT2D eigenvalue weighted by Gasteiger charge is 2.44. The third kappa shape index (κ3) is 6.06. The van der Waals surface area contributed by atoms with Crippen LogP contribution >= 0.6 is 7.75 Å². The van der Waals surface area contributed by atoms with Gasteiger partial charge in [-0.15, -0.1) is 0 Å². The third-order valence-corrected chi connectivity index (χ3v) is 8.77. The highest BCUT2D eigenvalue weighted by molar-refractivity contribution is 7.52. The molecule has 1 unspecified atom stereocenters. The number of nitrogen functional groups attached to an aromatic ring is 1. The van der Waals surface area contributed by atoms with Gasteiger partial charge in [-0.05, 0) is 44.7 Å². The lowest BCUT2D eigenvalue weighted by molar-refractivity contribution is -0.150. The van der Waals surface area contributed by atoms with Crippen molar-refractivity contribution in [3.8, 4) is 5.75 Å². The number of ether oxygens (including phenoxy) is 2. The van der Waals surface area contributed by atoms with Crippen molar-refractivity contribution < 1.29 is 33.0 Å². The number of imidazole rings is 1. The lowest BCUT2D eigenvalue weighted by atomic mass is 10.0. The molecule has 1 aliphatic heterocycles. The monoisotopic (exact) mass is 576 g/mol. The summed E-state index contributed by atoms with van der Waals surface area (Å²) in [6.45, 7) is 3.02. The maximum Gasteiger partial charge on any atom is 0.459 e. The molecule has 3 aromatic rings. The average molecular weight is 577 g/mol. The summed E-state index contributed by atoms with van der Waals surface area (Å²) in [5.74, 6) is -0.879. The van der Waals surface area contributed by atoms with E-state index in [0.29, 0.717) is 0 Å². The molecular formula is C25H33N6O8P. The zero-order valence-electron chi connectivity index (χ0n) is 22.1. The predicted molar refractivity (Wildman–Crippen MR) is 143 cm³/mol. The molecule has 0 spiro atoms. The average Bonchev–Trinajstić information content (AvgIpc) is 3.64. The minimum atomic E-state index is -4.13. The number of aliphatic hydroxyl groups is 1. The Kier molecular flexibility index (Phi) is 8.24. The Hall–Kier alpha value is -3.29. The van der Waals surface area contributed by atoms with Crippen molar-refractivity contribution in [2.75, 3.05) is 12.3 Å². The SMILES string of the molecule is C[C@H]1[C@@H](O)[C@H](n2cnc3c(=O)[nH]c(N)nc32)O[C@@H]1COP(=O)(N[C@H](C)C(=O)OC1CCCC1)Oc1ccccc1. The van der Waals surface area contributed by atoms with Gasteiger partial charge < -0.3 is 24.8 Å². The lowest BCUT2D eigenvalue weighted by Crippen LogP contribution is -2.37. The molecule has 2 fully saturated rings. The van der Waals surface area contributed by atoms with Crippen LogP contribution in [0.25, 0.3) is 11.2 Å². The number of hydrogen-bond donors (Lipinski definition) is 4. The van der Waals surface area contributed by atoms with E-state index >= 15 is 0 Å². The van der Waals surface area contributed by atoms with Gasteiger partial charge in [-0.25, -0.2) is 9.55 Å². The molecule has 1 aromatic carbocycles. The third-order valence-electron chi connectivity index (χ3n) is 7.12. The molecule has 2 aromatic heterocycles. The standard InChI is InChI=1S/C25H33N6O8P/c1-14-18(38-23(20(14)32)31-13-27-19-21(31)28-25(26)29-22(19)33)12-36-40(35,39-17-10-4-3-5-11-17)30-15(2)24(34)37-16-8-6-7-9-16/h3-5,10-11,13-16,18,20,23,32H,6-9,12H2,1-2H3,(H,30,35)(H3,26,28,29,33)/t14-,15-,18-,20-,23-,40?/m1/s1. The van der Waals surface area contributed by atoms with Gasteiger partial charge in [0.1, 0.15) is 24.0 Å². The minimum absolute atomic E-state index is 0.0424.